The van der Waals surface area contributed by atoms with E-state index < -0.39 is 9.84 Å². The molecule has 114 valence electrons. The van der Waals surface area contributed by atoms with E-state index in [2.05, 4.69) is 33.0 Å². The fourth-order valence-corrected chi connectivity index (χ4v) is 4.92. The van der Waals surface area contributed by atoms with E-state index in [1.807, 2.05) is 0 Å². The van der Waals surface area contributed by atoms with Crippen LogP contribution in [-0.2, 0) is 9.84 Å². The summed E-state index contributed by atoms with van der Waals surface area (Å²) in [5.41, 5.74) is 0.249. The maximum atomic E-state index is 12.4. The summed E-state index contributed by atoms with van der Waals surface area (Å²) in [6.07, 6.45) is 4.08. The Balaban J connectivity index is 2.92. The van der Waals surface area contributed by atoms with Gasteiger partial charge in [-0.15, -0.1) is 0 Å². The van der Waals surface area contributed by atoms with Crippen LogP contribution in [0.15, 0.2) is 0 Å². The van der Waals surface area contributed by atoms with Crippen LogP contribution < -0.4 is 5.32 Å². The van der Waals surface area contributed by atoms with Gasteiger partial charge in [-0.05, 0) is 37.1 Å². The van der Waals surface area contributed by atoms with Crippen molar-refractivity contribution in [1.82, 2.24) is 5.32 Å². The van der Waals surface area contributed by atoms with E-state index in [1.165, 1.54) is 0 Å². The van der Waals surface area contributed by atoms with Gasteiger partial charge in [-0.1, -0.05) is 41.0 Å². The molecule has 1 N–H and O–H groups in total. The first-order chi connectivity index (χ1) is 8.78. The zero-order valence-corrected chi connectivity index (χ0v) is 14.0. The van der Waals surface area contributed by atoms with Gasteiger partial charge >= 0.3 is 0 Å². The number of rotatable bonds is 6. The highest BCUT2D eigenvalue weighted by Gasteiger charge is 2.41. The standard InChI is InChI=1S/C15H31NO2S/c1-6-15(4,5)12-9-10-13(16-7-2)14(11-12)19(17,18)8-3/h12-14,16H,6-11H2,1-5H3. The summed E-state index contributed by atoms with van der Waals surface area (Å²) in [5.74, 6) is 0.789. The first-order valence-electron chi connectivity index (χ1n) is 7.73. The SMILES string of the molecule is CCNC1CCC(C(C)(C)CC)CC1S(=O)(=O)CC. The summed E-state index contributed by atoms with van der Waals surface area (Å²) in [5, 5.41) is 3.19. The molecule has 1 saturated carbocycles. The van der Waals surface area contributed by atoms with Gasteiger partial charge in [0.1, 0.15) is 0 Å². The van der Waals surface area contributed by atoms with Gasteiger partial charge in [0.2, 0.25) is 0 Å². The van der Waals surface area contributed by atoms with Crippen molar-refractivity contribution in [3.63, 3.8) is 0 Å². The Morgan fingerprint density at radius 3 is 2.26 bits per heavy atom. The van der Waals surface area contributed by atoms with E-state index in [-0.39, 0.29) is 22.5 Å². The largest absolute Gasteiger partial charge is 0.313 e. The Hall–Kier alpha value is -0.0900. The minimum Gasteiger partial charge on any atom is -0.313 e. The van der Waals surface area contributed by atoms with E-state index in [0.29, 0.717) is 5.92 Å². The van der Waals surface area contributed by atoms with Crippen LogP contribution in [-0.4, -0.2) is 32.0 Å². The van der Waals surface area contributed by atoms with E-state index >= 15 is 0 Å². The molecule has 3 atom stereocenters. The van der Waals surface area contributed by atoms with Crippen molar-refractivity contribution < 1.29 is 8.42 Å². The van der Waals surface area contributed by atoms with E-state index in [4.69, 9.17) is 0 Å². The molecular formula is C15H31NO2S. The molecule has 3 unspecified atom stereocenters. The summed E-state index contributed by atoms with van der Waals surface area (Å²) in [6.45, 7) is 11.4. The van der Waals surface area contributed by atoms with Crippen molar-refractivity contribution in [2.24, 2.45) is 11.3 Å². The van der Waals surface area contributed by atoms with Crippen molar-refractivity contribution in [3.8, 4) is 0 Å². The molecule has 0 saturated heterocycles. The lowest BCUT2D eigenvalue weighted by atomic mass is 9.68. The molecule has 1 fully saturated rings. The average molecular weight is 289 g/mol. The Labute approximate surface area is 119 Å². The highest BCUT2D eigenvalue weighted by atomic mass is 32.2. The van der Waals surface area contributed by atoms with E-state index in [1.54, 1.807) is 6.92 Å². The van der Waals surface area contributed by atoms with Crippen LogP contribution in [0.1, 0.15) is 60.3 Å². The molecule has 1 aliphatic rings. The van der Waals surface area contributed by atoms with Gasteiger partial charge in [0.05, 0.1) is 5.25 Å². The summed E-state index contributed by atoms with van der Waals surface area (Å²) >= 11 is 0. The van der Waals surface area contributed by atoms with Crippen LogP contribution in [0.3, 0.4) is 0 Å². The Bertz CT molecular complexity index is 376. The lowest BCUT2D eigenvalue weighted by Gasteiger charge is -2.43. The van der Waals surface area contributed by atoms with Crippen LogP contribution in [0, 0.1) is 11.3 Å². The molecule has 0 bridgehead atoms. The van der Waals surface area contributed by atoms with Gasteiger partial charge in [-0.25, -0.2) is 8.42 Å². The zero-order chi connectivity index (χ0) is 14.7. The fourth-order valence-electron chi connectivity index (χ4n) is 3.23. The quantitative estimate of drug-likeness (QED) is 0.817. The Kier molecular flexibility index (Phi) is 5.87. The molecule has 0 spiro atoms. The van der Waals surface area contributed by atoms with E-state index in [0.717, 1.165) is 32.2 Å². The molecule has 3 nitrogen and oxygen atoms in total. The van der Waals surface area contributed by atoms with Crippen molar-refractivity contribution >= 4 is 9.84 Å². The maximum Gasteiger partial charge on any atom is 0.154 e. The van der Waals surface area contributed by atoms with Crippen LogP contribution >= 0.6 is 0 Å². The third-order valence-corrected chi connectivity index (χ3v) is 7.39. The summed E-state index contributed by atoms with van der Waals surface area (Å²) in [6, 6.07) is 0.152. The summed E-state index contributed by atoms with van der Waals surface area (Å²) in [4.78, 5) is 0. The van der Waals surface area contributed by atoms with Gasteiger partial charge in [0.25, 0.3) is 0 Å². The first kappa shape index (κ1) is 17.0. The van der Waals surface area contributed by atoms with Gasteiger partial charge in [-0.3, -0.25) is 0 Å². The van der Waals surface area contributed by atoms with Crippen LogP contribution in [0.4, 0.5) is 0 Å². The predicted octanol–water partition coefficient (Wildman–Crippen LogP) is 3.00. The smallest absolute Gasteiger partial charge is 0.154 e. The second-order valence-corrected chi connectivity index (χ2v) is 9.01. The third kappa shape index (κ3) is 3.94. The molecule has 0 aliphatic heterocycles. The van der Waals surface area contributed by atoms with E-state index in [9.17, 15) is 8.42 Å². The molecule has 1 rings (SSSR count). The molecule has 1 aliphatic carbocycles. The normalized spacial score (nSPS) is 29.4. The predicted molar refractivity (Wildman–Crippen MR) is 82.1 cm³/mol. The molecule has 0 heterocycles. The minimum atomic E-state index is -2.96. The van der Waals surface area contributed by atoms with Crippen molar-refractivity contribution in [1.29, 1.82) is 0 Å². The lowest BCUT2D eigenvalue weighted by Crippen LogP contribution is -2.50. The van der Waals surface area contributed by atoms with Gasteiger partial charge in [0.15, 0.2) is 9.84 Å². The van der Waals surface area contributed by atoms with Crippen LogP contribution in [0.2, 0.25) is 0 Å². The molecular weight excluding hydrogens is 258 g/mol. The number of hydrogen-bond donors (Lipinski definition) is 1. The topological polar surface area (TPSA) is 46.2 Å². The number of sulfone groups is 1. The van der Waals surface area contributed by atoms with Gasteiger partial charge in [0, 0.05) is 11.8 Å². The molecule has 0 aromatic carbocycles. The minimum absolute atomic E-state index is 0.152. The molecule has 0 aromatic rings. The number of nitrogens with one attached hydrogen (secondary N) is 1. The monoisotopic (exact) mass is 289 g/mol. The summed E-state index contributed by atoms with van der Waals surface area (Å²) < 4.78 is 24.7. The summed E-state index contributed by atoms with van der Waals surface area (Å²) in [7, 11) is -2.96. The third-order valence-electron chi connectivity index (χ3n) is 5.14. The second-order valence-electron chi connectivity index (χ2n) is 6.51. The van der Waals surface area contributed by atoms with Crippen molar-refractivity contribution in [2.45, 2.75) is 71.6 Å². The van der Waals surface area contributed by atoms with Gasteiger partial charge in [-0.2, -0.15) is 0 Å². The van der Waals surface area contributed by atoms with Crippen LogP contribution in [0.5, 0.6) is 0 Å². The molecule has 4 heteroatoms. The fraction of sp³-hybridized carbons (Fsp3) is 1.00. The van der Waals surface area contributed by atoms with Crippen molar-refractivity contribution in [2.75, 3.05) is 12.3 Å². The lowest BCUT2D eigenvalue weighted by molar-refractivity contribution is 0.139. The Morgan fingerprint density at radius 1 is 1.16 bits per heavy atom. The first-order valence-corrected chi connectivity index (χ1v) is 9.45. The highest BCUT2D eigenvalue weighted by molar-refractivity contribution is 7.92. The molecule has 0 amide bonds. The second kappa shape index (κ2) is 6.57. The molecule has 19 heavy (non-hydrogen) atoms. The highest BCUT2D eigenvalue weighted by Crippen LogP contribution is 2.42. The van der Waals surface area contributed by atoms with Crippen LogP contribution in [0.25, 0.3) is 0 Å². The maximum absolute atomic E-state index is 12.4. The Morgan fingerprint density at radius 2 is 1.79 bits per heavy atom. The van der Waals surface area contributed by atoms with Crippen molar-refractivity contribution in [3.05, 3.63) is 0 Å². The van der Waals surface area contributed by atoms with Gasteiger partial charge < -0.3 is 5.32 Å². The number of hydrogen-bond acceptors (Lipinski definition) is 3. The molecule has 0 aromatic heterocycles. The molecule has 0 radical (unpaired) electrons. The average Bonchev–Trinajstić information content (AvgIpc) is 2.39. The zero-order valence-electron chi connectivity index (χ0n) is 13.2.